The summed E-state index contributed by atoms with van der Waals surface area (Å²) in [6.07, 6.45) is 0. The Labute approximate surface area is 136 Å². The predicted octanol–water partition coefficient (Wildman–Crippen LogP) is 5.79. The van der Waals surface area contributed by atoms with Crippen LogP contribution in [0.1, 0.15) is 37.8 Å². The van der Waals surface area contributed by atoms with Crippen molar-refractivity contribution in [3.8, 4) is 5.75 Å². The lowest BCUT2D eigenvalue weighted by Gasteiger charge is -2.22. The first-order valence-electron chi connectivity index (χ1n) is 7.48. The van der Waals surface area contributed by atoms with Crippen LogP contribution < -0.4 is 4.74 Å². The summed E-state index contributed by atoms with van der Waals surface area (Å²) in [7, 11) is 0. The molecule has 2 aromatic carbocycles. The van der Waals surface area contributed by atoms with E-state index in [-0.39, 0.29) is 0 Å². The van der Waals surface area contributed by atoms with Gasteiger partial charge >= 0.3 is 0 Å². The third kappa shape index (κ3) is 4.60. The molecule has 112 valence electrons. The second-order valence-corrected chi connectivity index (χ2v) is 6.88. The van der Waals surface area contributed by atoms with E-state index >= 15 is 0 Å². The van der Waals surface area contributed by atoms with Crippen LogP contribution >= 0.6 is 15.9 Å². The van der Waals surface area contributed by atoms with Crippen molar-refractivity contribution in [3.63, 3.8) is 0 Å². The van der Waals surface area contributed by atoms with Crippen LogP contribution in [0.2, 0.25) is 0 Å². The van der Waals surface area contributed by atoms with Crippen molar-refractivity contribution in [2.24, 2.45) is 5.92 Å². The van der Waals surface area contributed by atoms with Crippen molar-refractivity contribution in [1.82, 2.24) is 0 Å². The van der Waals surface area contributed by atoms with Gasteiger partial charge in [0.1, 0.15) is 12.4 Å². The number of alkyl halides is 1. The highest BCUT2D eigenvalue weighted by molar-refractivity contribution is 9.09. The molecule has 0 heterocycles. The van der Waals surface area contributed by atoms with Crippen LogP contribution in [0.3, 0.4) is 0 Å². The summed E-state index contributed by atoms with van der Waals surface area (Å²) < 4.78 is 5.82. The van der Waals surface area contributed by atoms with Gasteiger partial charge in [0.15, 0.2) is 0 Å². The van der Waals surface area contributed by atoms with Gasteiger partial charge in [-0.15, -0.1) is 0 Å². The summed E-state index contributed by atoms with van der Waals surface area (Å²) in [6, 6.07) is 18.7. The highest BCUT2D eigenvalue weighted by Crippen LogP contribution is 2.30. The number of hydrogen-bond donors (Lipinski definition) is 0. The van der Waals surface area contributed by atoms with Gasteiger partial charge in [0.05, 0.1) is 0 Å². The number of halogens is 1. The molecule has 0 bridgehead atoms. The van der Waals surface area contributed by atoms with Gasteiger partial charge in [-0.25, -0.2) is 0 Å². The predicted molar refractivity (Wildman–Crippen MR) is 93.2 cm³/mol. The zero-order chi connectivity index (χ0) is 15.2. The van der Waals surface area contributed by atoms with E-state index in [1.807, 2.05) is 18.2 Å². The second-order valence-electron chi connectivity index (χ2n) is 5.82. The third-order valence-corrected chi connectivity index (χ3v) is 5.62. The van der Waals surface area contributed by atoms with Crippen molar-refractivity contribution in [2.45, 2.75) is 38.1 Å². The maximum Gasteiger partial charge on any atom is 0.119 e. The van der Waals surface area contributed by atoms with Crippen molar-refractivity contribution >= 4 is 15.9 Å². The topological polar surface area (TPSA) is 9.23 Å². The summed E-state index contributed by atoms with van der Waals surface area (Å²) in [5.41, 5.74) is 2.54. The standard InChI is InChI=1S/C19H23BrO/c1-14(2)19(20)15(3)17-9-11-18(12-10-17)21-13-16-7-5-4-6-8-16/h4-12,14-15,19H,13H2,1-3H3. The van der Waals surface area contributed by atoms with E-state index in [9.17, 15) is 0 Å². The molecule has 2 unspecified atom stereocenters. The van der Waals surface area contributed by atoms with Crippen LogP contribution in [-0.4, -0.2) is 4.83 Å². The fraction of sp³-hybridized carbons (Fsp3) is 0.368. The van der Waals surface area contributed by atoms with E-state index in [0.717, 1.165) is 5.75 Å². The molecule has 0 spiro atoms. The molecule has 0 aliphatic carbocycles. The minimum atomic E-state index is 0.494. The first kappa shape index (κ1) is 16.1. The fourth-order valence-corrected chi connectivity index (χ4v) is 2.67. The first-order chi connectivity index (χ1) is 10.1. The molecular formula is C19H23BrO. The quantitative estimate of drug-likeness (QED) is 0.601. The molecule has 2 atom stereocenters. The summed E-state index contributed by atoms with van der Waals surface area (Å²) >= 11 is 3.79. The van der Waals surface area contributed by atoms with Gasteiger partial charge in [0.25, 0.3) is 0 Å². The van der Waals surface area contributed by atoms with E-state index in [1.54, 1.807) is 0 Å². The molecule has 0 aromatic heterocycles. The summed E-state index contributed by atoms with van der Waals surface area (Å²) in [4.78, 5) is 0.494. The molecule has 0 saturated heterocycles. The van der Waals surface area contributed by atoms with Gasteiger partial charge in [0, 0.05) is 4.83 Å². The largest absolute Gasteiger partial charge is 0.489 e. The van der Waals surface area contributed by atoms with Crippen molar-refractivity contribution in [1.29, 1.82) is 0 Å². The Hall–Kier alpha value is -1.28. The monoisotopic (exact) mass is 346 g/mol. The summed E-state index contributed by atoms with van der Waals surface area (Å²) in [5.74, 6) is 2.03. The Morgan fingerprint density at radius 3 is 2.10 bits per heavy atom. The molecule has 0 N–H and O–H groups in total. The van der Waals surface area contributed by atoms with E-state index in [0.29, 0.717) is 23.3 Å². The Balaban J connectivity index is 1.96. The SMILES string of the molecule is CC(C)C(Br)C(C)c1ccc(OCc2ccccc2)cc1. The lowest BCUT2D eigenvalue weighted by molar-refractivity contribution is 0.306. The smallest absolute Gasteiger partial charge is 0.119 e. The van der Waals surface area contributed by atoms with E-state index in [1.165, 1.54) is 11.1 Å². The van der Waals surface area contributed by atoms with Crippen molar-refractivity contribution in [2.75, 3.05) is 0 Å². The molecule has 2 heteroatoms. The number of rotatable bonds is 6. The van der Waals surface area contributed by atoms with Gasteiger partial charge in [0.2, 0.25) is 0 Å². The Kier molecular flexibility index (Phi) is 5.86. The lowest BCUT2D eigenvalue weighted by Crippen LogP contribution is -2.15. The van der Waals surface area contributed by atoms with Gasteiger partial charge < -0.3 is 4.74 Å². The Morgan fingerprint density at radius 1 is 0.905 bits per heavy atom. The van der Waals surface area contributed by atoms with Gasteiger partial charge in [-0.05, 0) is 35.1 Å². The molecule has 21 heavy (non-hydrogen) atoms. The zero-order valence-corrected chi connectivity index (χ0v) is 14.5. The minimum absolute atomic E-state index is 0.494. The summed E-state index contributed by atoms with van der Waals surface area (Å²) in [5, 5.41) is 0. The van der Waals surface area contributed by atoms with Crippen molar-refractivity contribution < 1.29 is 4.74 Å². The molecular weight excluding hydrogens is 324 g/mol. The molecule has 0 radical (unpaired) electrons. The van der Waals surface area contributed by atoms with Gasteiger partial charge in [-0.3, -0.25) is 0 Å². The second kappa shape index (κ2) is 7.65. The third-order valence-electron chi connectivity index (χ3n) is 3.77. The molecule has 0 saturated carbocycles. The first-order valence-corrected chi connectivity index (χ1v) is 8.40. The maximum atomic E-state index is 5.82. The van der Waals surface area contributed by atoms with E-state index in [4.69, 9.17) is 4.74 Å². The van der Waals surface area contributed by atoms with Gasteiger partial charge in [-0.2, -0.15) is 0 Å². The average Bonchev–Trinajstić information content (AvgIpc) is 2.53. The molecule has 0 aliphatic rings. The average molecular weight is 347 g/mol. The van der Waals surface area contributed by atoms with Crippen LogP contribution in [-0.2, 0) is 6.61 Å². The van der Waals surface area contributed by atoms with Crippen LogP contribution in [0.4, 0.5) is 0 Å². The van der Waals surface area contributed by atoms with Gasteiger partial charge in [-0.1, -0.05) is 79.2 Å². The number of hydrogen-bond acceptors (Lipinski definition) is 1. The Bertz CT molecular complexity index is 533. The molecule has 0 amide bonds. The van der Waals surface area contributed by atoms with Crippen LogP contribution in [0.15, 0.2) is 54.6 Å². The van der Waals surface area contributed by atoms with Crippen LogP contribution in [0.5, 0.6) is 5.75 Å². The van der Waals surface area contributed by atoms with E-state index < -0.39 is 0 Å². The van der Waals surface area contributed by atoms with E-state index in [2.05, 4.69) is 73.1 Å². The van der Waals surface area contributed by atoms with Crippen molar-refractivity contribution in [3.05, 3.63) is 65.7 Å². The molecule has 2 rings (SSSR count). The number of ether oxygens (including phenoxy) is 1. The lowest BCUT2D eigenvalue weighted by atomic mass is 9.92. The Morgan fingerprint density at radius 2 is 1.52 bits per heavy atom. The molecule has 2 aromatic rings. The minimum Gasteiger partial charge on any atom is -0.489 e. The highest BCUT2D eigenvalue weighted by Gasteiger charge is 2.19. The van der Waals surface area contributed by atoms with Crippen LogP contribution in [0.25, 0.3) is 0 Å². The highest BCUT2D eigenvalue weighted by atomic mass is 79.9. The number of benzene rings is 2. The summed E-state index contributed by atoms with van der Waals surface area (Å²) in [6.45, 7) is 7.36. The normalized spacial score (nSPS) is 14.0. The molecule has 0 aliphatic heterocycles. The maximum absolute atomic E-state index is 5.82. The molecule has 0 fully saturated rings. The van der Waals surface area contributed by atoms with Crippen LogP contribution in [0, 0.1) is 5.92 Å². The fourth-order valence-electron chi connectivity index (χ4n) is 2.37. The zero-order valence-electron chi connectivity index (χ0n) is 12.9. The molecule has 1 nitrogen and oxygen atoms in total.